The summed E-state index contributed by atoms with van der Waals surface area (Å²) in [5.74, 6) is -60.1. The Bertz CT molecular complexity index is 596. The smallest absolute Gasteiger partial charge is 0.200 e. The lowest BCUT2D eigenvalue weighted by atomic mass is 9.86. The molecule has 0 saturated heterocycles. The lowest BCUT2D eigenvalue weighted by molar-refractivity contribution is -0.453. The Kier molecular flexibility index (Phi) is 9.76. The average molecular weight is 542 g/mol. The Morgan fingerprint density at radius 1 is 0.324 bits per heavy atom. The van der Waals surface area contributed by atoms with Gasteiger partial charge in [-0.15, -0.1) is 0 Å². The van der Waals surface area contributed by atoms with Gasteiger partial charge in [0.05, 0.1) is 0 Å². The van der Waals surface area contributed by atoms with Gasteiger partial charge < -0.3 is 0 Å². The fourth-order valence-corrected chi connectivity index (χ4v) is 2.76. The van der Waals surface area contributed by atoms with Crippen LogP contribution >= 0.6 is 0 Å². The van der Waals surface area contributed by atoms with Gasteiger partial charge in [-0.05, 0) is 12.8 Å². The number of alkyl halides is 16. The second-order valence-corrected chi connectivity index (χ2v) is 7.77. The molecular formula is C18H22F16. The first-order chi connectivity index (χ1) is 14.9. The number of hydrogen-bond acceptors (Lipinski definition) is 0. The third kappa shape index (κ3) is 5.05. The van der Waals surface area contributed by atoms with Crippen LogP contribution in [-0.2, 0) is 0 Å². The van der Waals surface area contributed by atoms with E-state index < -0.39 is 73.1 Å². The molecule has 0 aromatic carbocycles. The first kappa shape index (κ1) is 32.9. The van der Waals surface area contributed by atoms with Crippen LogP contribution in [0.5, 0.6) is 0 Å². The summed E-state index contributed by atoms with van der Waals surface area (Å²) in [4.78, 5) is 0. The third-order valence-corrected chi connectivity index (χ3v) is 5.08. The molecule has 0 amide bonds. The van der Waals surface area contributed by atoms with E-state index in [0.29, 0.717) is 0 Å². The highest BCUT2D eigenvalue weighted by atomic mass is 19.4. The first-order valence-electron chi connectivity index (χ1n) is 9.90. The van der Waals surface area contributed by atoms with Crippen LogP contribution in [0, 0.1) is 0 Å². The minimum atomic E-state index is -8.33. The van der Waals surface area contributed by atoms with Gasteiger partial charge in [-0.3, -0.25) is 0 Å². The van der Waals surface area contributed by atoms with Crippen molar-refractivity contribution in [3.8, 4) is 0 Å². The van der Waals surface area contributed by atoms with E-state index in [1.165, 1.54) is 13.8 Å². The molecule has 0 atom stereocenters. The van der Waals surface area contributed by atoms with Gasteiger partial charge in [0.2, 0.25) is 0 Å². The van der Waals surface area contributed by atoms with Crippen molar-refractivity contribution in [3.63, 3.8) is 0 Å². The molecule has 0 nitrogen and oxygen atoms in total. The normalized spacial score (nSPS) is 15.7. The maximum absolute atomic E-state index is 13.7. The summed E-state index contributed by atoms with van der Waals surface area (Å²) in [6.45, 7) is 2.61. The van der Waals surface area contributed by atoms with Crippen molar-refractivity contribution >= 4 is 0 Å². The van der Waals surface area contributed by atoms with Gasteiger partial charge in [0.25, 0.3) is 0 Å². The molecule has 0 radical (unpaired) electrons. The largest absolute Gasteiger partial charge is 0.384 e. The van der Waals surface area contributed by atoms with Crippen LogP contribution in [0.15, 0.2) is 0 Å². The van der Waals surface area contributed by atoms with E-state index in [2.05, 4.69) is 0 Å². The highest BCUT2D eigenvalue weighted by Gasteiger charge is 2.94. The lowest BCUT2D eigenvalue weighted by Gasteiger charge is -2.43. The highest BCUT2D eigenvalue weighted by Crippen LogP contribution is 2.64. The summed E-state index contributed by atoms with van der Waals surface area (Å²) in [6.07, 6.45) is -7.27. The van der Waals surface area contributed by atoms with Gasteiger partial charge in [-0.2, -0.15) is 70.2 Å². The SMILES string of the molecule is CCCCCC(F)(F)C(F)(F)C(F)(F)C(F)(F)C(F)(F)C(F)(F)C(F)(F)C(F)(F)CCCCC. The van der Waals surface area contributed by atoms with E-state index in [-0.39, 0.29) is 25.7 Å². The summed E-state index contributed by atoms with van der Waals surface area (Å²) in [5.41, 5.74) is 0. The zero-order chi connectivity index (χ0) is 27.7. The van der Waals surface area contributed by atoms with Gasteiger partial charge >= 0.3 is 47.4 Å². The van der Waals surface area contributed by atoms with Crippen LogP contribution in [0.4, 0.5) is 70.2 Å². The number of unbranched alkanes of at least 4 members (excludes halogenated alkanes) is 4. The summed E-state index contributed by atoms with van der Waals surface area (Å²) in [6, 6.07) is 0. The van der Waals surface area contributed by atoms with E-state index in [9.17, 15) is 70.2 Å². The predicted molar refractivity (Wildman–Crippen MR) is 87.9 cm³/mol. The third-order valence-electron chi connectivity index (χ3n) is 5.08. The number of rotatable bonds is 15. The Hall–Kier alpha value is -1.12. The van der Waals surface area contributed by atoms with Crippen molar-refractivity contribution in [3.05, 3.63) is 0 Å². The second-order valence-electron chi connectivity index (χ2n) is 7.77. The number of hydrogen-bond donors (Lipinski definition) is 0. The topological polar surface area (TPSA) is 0 Å². The Labute approximate surface area is 184 Å². The molecule has 16 heteroatoms. The molecule has 0 spiro atoms. The van der Waals surface area contributed by atoms with Crippen LogP contribution in [0.3, 0.4) is 0 Å². The van der Waals surface area contributed by atoms with Gasteiger partial charge in [0, 0.05) is 12.8 Å². The predicted octanol–water partition coefficient (Wildman–Crippen LogP) is 9.23. The second kappa shape index (κ2) is 10.1. The minimum Gasteiger partial charge on any atom is -0.200 e. The van der Waals surface area contributed by atoms with Crippen LogP contribution in [0.25, 0.3) is 0 Å². The zero-order valence-electron chi connectivity index (χ0n) is 17.7. The van der Waals surface area contributed by atoms with Gasteiger partial charge in [0.15, 0.2) is 0 Å². The van der Waals surface area contributed by atoms with Crippen molar-refractivity contribution in [2.24, 2.45) is 0 Å². The molecule has 0 N–H and O–H groups in total. The lowest BCUT2D eigenvalue weighted by Crippen LogP contribution is -2.74. The molecule has 0 aliphatic heterocycles. The van der Waals surface area contributed by atoms with E-state index in [0.717, 1.165) is 0 Å². The standard InChI is InChI=1S/C18H22F16/c1-3-5-7-9-11(19,20)13(23,24)15(27,28)17(31,32)18(33,34)16(29,30)14(25,26)12(21,22)10-8-6-4-2/h3-10H2,1-2H3. The Morgan fingerprint density at radius 2 is 0.529 bits per heavy atom. The molecule has 0 fully saturated rings. The fraction of sp³-hybridized carbons (Fsp3) is 1.00. The first-order valence-corrected chi connectivity index (χ1v) is 9.90. The van der Waals surface area contributed by atoms with Crippen LogP contribution in [-0.4, -0.2) is 47.4 Å². The molecule has 0 heterocycles. The average Bonchev–Trinajstić information content (AvgIpc) is 2.67. The Balaban J connectivity index is 6.46. The summed E-state index contributed by atoms with van der Waals surface area (Å²) >= 11 is 0. The van der Waals surface area contributed by atoms with Gasteiger partial charge in [-0.25, -0.2) is 0 Å². The molecule has 0 rings (SSSR count). The molecule has 34 heavy (non-hydrogen) atoms. The summed E-state index contributed by atoms with van der Waals surface area (Å²) in [5, 5.41) is 0. The van der Waals surface area contributed by atoms with Crippen molar-refractivity contribution in [2.45, 2.75) is 113 Å². The fourth-order valence-electron chi connectivity index (χ4n) is 2.76. The van der Waals surface area contributed by atoms with Gasteiger partial charge in [0.1, 0.15) is 0 Å². The van der Waals surface area contributed by atoms with Crippen molar-refractivity contribution in [1.29, 1.82) is 0 Å². The monoisotopic (exact) mass is 542 g/mol. The maximum atomic E-state index is 13.7. The Morgan fingerprint density at radius 3 is 0.735 bits per heavy atom. The van der Waals surface area contributed by atoms with E-state index >= 15 is 0 Å². The summed E-state index contributed by atoms with van der Waals surface area (Å²) < 4.78 is 219. The van der Waals surface area contributed by atoms with E-state index in [1.807, 2.05) is 0 Å². The molecule has 0 aliphatic rings. The molecular weight excluding hydrogens is 520 g/mol. The maximum Gasteiger partial charge on any atom is 0.384 e. The zero-order valence-corrected chi connectivity index (χ0v) is 17.7. The quantitative estimate of drug-likeness (QED) is 0.143. The van der Waals surface area contributed by atoms with Gasteiger partial charge in [-0.1, -0.05) is 39.5 Å². The number of halogens is 16. The van der Waals surface area contributed by atoms with Crippen molar-refractivity contribution in [1.82, 2.24) is 0 Å². The van der Waals surface area contributed by atoms with Crippen LogP contribution in [0.1, 0.15) is 65.2 Å². The van der Waals surface area contributed by atoms with Crippen LogP contribution in [0.2, 0.25) is 0 Å². The van der Waals surface area contributed by atoms with Crippen molar-refractivity contribution in [2.75, 3.05) is 0 Å². The molecule has 0 unspecified atom stereocenters. The molecule has 0 aromatic rings. The summed E-state index contributed by atoms with van der Waals surface area (Å²) in [7, 11) is 0. The van der Waals surface area contributed by atoms with E-state index in [1.54, 1.807) is 0 Å². The molecule has 0 aromatic heterocycles. The molecule has 0 saturated carbocycles. The minimum absolute atomic E-state index is 0.0139. The van der Waals surface area contributed by atoms with Crippen molar-refractivity contribution < 1.29 is 70.2 Å². The molecule has 206 valence electrons. The van der Waals surface area contributed by atoms with E-state index in [4.69, 9.17) is 0 Å². The molecule has 0 aliphatic carbocycles. The molecule has 0 bridgehead atoms. The van der Waals surface area contributed by atoms with Crippen LogP contribution < -0.4 is 0 Å². The highest BCUT2D eigenvalue weighted by molar-refractivity contribution is 5.15.